The Morgan fingerprint density at radius 2 is 2.00 bits per heavy atom. The molecule has 0 radical (unpaired) electrons. The standard InChI is InChI=1S/C23H35N5O2/c1-4-24-23(28-11-9-19(15-28)13-17(2)3)26-14-18-5-7-20(8-6-18)22(30)27-12-10-25-21(29)16-27/h5-8,17,19H,4,9-16H2,1-3H3,(H,24,26)(H,25,29). The van der Waals surface area contributed by atoms with Gasteiger partial charge in [-0.1, -0.05) is 26.0 Å². The molecular formula is C23H35N5O2. The number of benzene rings is 1. The van der Waals surface area contributed by atoms with Crippen LogP contribution in [0, 0.1) is 11.8 Å². The van der Waals surface area contributed by atoms with Gasteiger partial charge in [-0.2, -0.15) is 0 Å². The topological polar surface area (TPSA) is 77.0 Å². The molecule has 30 heavy (non-hydrogen) atoms. The van der Waals surface area contributed by atoms with Crippen LogP contribution in [0.2, 0.25) is 0 Å². The summed E-state index contributed by atoms with van der Waals surface area (Å²) in [6, 6.07) is 7.58. The van der Waals surface area contributed by atoms with Crippen molar-refractivity contribution < 1.29 is 9.59 Å². The number of hydrogen-bond donors (Lipinski definition) is 2. The van der Waals surface area contributed by atoms with E-state index in [2.05, 4.69) is 36.3 Å². The van der Waals surface area contributed by atoms with Crippen LogP contribution in [0.1, 0.15) is 49.5 Å². The number of nitrogens with zero attached hydrogens (tertiary/aromatic N) is 3. The van der Waals surface area contributed by atoms with E-state index in [0.717, 1.165) is 43.0 Å². The summed E-state index contributed by atoms with van der Waals surface area (Å²) in [4.78, 5) is 32.9. The maximum absolute atomic E-state index is 12.6. The Morgan fingerprint density at radius 3 is 2.67 bits per heavy atom. The summed E-state index contributed by atoms with van der Waals surface area (Å²) in [5.74, 6) is 2.25. The molecule has 0 aliphatic carbocycles. The molecule has 2 N–H and O–H groups in total. The maximum atomic E-state index is 12.6. The molecule has 164 valence electrons. The lowest BCUT2D eigenvalue weighted by molar-refractivity contribution is -0.123. The summed E-state index contributed by atoms with van der Waals surface area (Å²) in [6.07, 6.45) is 2.50. The number of carbonyl (C=O) groups excluding carboxylic acids is 2. The fourth-order valence-corrected chi connectivity index (χ4v) is 4.22. The van der Waals surface area contributed by atoms with Crippen molar-refractivity contribution in [3.63, 3.8) is 0 Å². The average Bonchev–Trinajstić information content (AvgIpc) is 3.18. The van der Waals surface area contributed by atoms with E-state index in [4.69, 9.17) is 4.99 Å². The highest BCUT2D eigenvalue weighted by Crippen LogP contribution is 2.23. The highest BCUT2D eigenvalue weighted by atomic mass is 16.2. The molecule has 1 aromatic carbocycles. The van der Waals surface area contributed by atoms with Crippen LogP contribution in [0.15, 0.2) is 29.3 Å². The lowest BCUT2D eigenvalue weighted by Crippen LogP contribution is -2.49. The second-order valence-electron chi connectivity index (χ2n) is 8.67. The van der Waals surface area contributed by atoms with E-state index in [1.807, 2.05) is 24.3 Å². The Balaban J connectivity index is 1.59. The van der Waals surface area contributed by atoms with Crippen molar-refractivity contribution in [2.24, 2.45) is 16.8 Å². The van der Waals surface area contributed by atoms with Crippen molar-refractivity contribution in [1.29, 1.82) is 0 Å². The molecule has 2 heterocycles. The first-order chi connectivity index (χ1) is 14.5. The molecule has 2 aliphatic rings. The summed E-state index contributed by atoms with van der Waals surface area (Å²) < 4.78 is 0. The molecule has 2 saturated heterocycles. The Bertz CT molecular complexity index is 759. The van der Waals surface area contributed by atoms with E-state index >= 15 is 0 Å². The number of piperazine rings is 1. The molecule has 1 unspecified atom stereocenters. The van der Waals surface area contributed by atoms with Gasteiger partial charge in [0.25, 0.3) is 5.91 Å². The van der Waals surface area contributed by atoms with Crippen LogP contribution < -0.4 is 10.6 Å². The van der Waals surface area contributed by atoms with Gasteiger partial charge in [-0.05, 0) is 49.3 Å². The Morgan fingerprint density at radius 1 is 1.23 bits per heavy atom. The first-order valence-electron chi connectivity index (χ1n) is 11.1. The number of hydrogen-bond acceptors (Lipinski definition) is 3. The van der Waals surface area contributed by atoms with Crippen LogP contribution in [-0.2, 0) is 11.3 Å². The van der Waals surface area contributed by atoms with Crippen molar-refractivity contribution in [3.8, 4) is 0 Å². The minimum Gasteiger partial charge on any atom is -0.357 e. The minimum atomic E-state index is -0.103. The predicted molar refractivity (Wildman–Crippen MR) is 119 cm³/mol. The minimum absolute atomic E-state index is 0.0958. The molecule has 2 fully saturated rings. The Hall–Kier alpha value is -2.57. The largest absolute Gasteiger partial charge is 0.357 e. The summed E-state index contributed by atoms with van der Waals surface area (Å²) in [5.41, 5.74) is 1.68. The fraction of sp³-hybridized carbons (Fsp3) is 0.609. The van der Waals surface area contributed by atoms with Gasteiger partial charge in [0.1, 0.15) is 0 Å². The highest BCUT2D eigenvalue weighted by Gasteiger charge is 2.25. The zero-order valence-electron chi connectivity index (χ0n) is 18.5. The summed E-state index contributed by atoms with van der Waals surface area (Å²) in [7, 11) is 0. The molecular weight excluding hydrogens is 378 g/mol. The van der Waals surface area contributed by atoms with Crippen molar-refractivity contribution >= 4 is 17.8 Å². The van der Waals surface area contributed by atoms with Gasteiger partial charge in [0.15, 0.2) is 5.96 Å². The van der Waals surface area contributed by atoms with Gasteiger partial charge in [0.2, 0.25) is 5.91 Å². The number of amides is 2. The molecule has 3 rings (SSSR count). The molecule has 0 spiro atoms. The molecule has 0 saturated carbocycles. The van der Waals surface area contributed by atoms with Gasteiger partial charge < -0.3 is 20.4 Å². The number of aliphatic imine (C=N–C) groups is 1. The predicted octanol–water partition coefficient (Wildman–Crippen LogP) is 2.09. The van der Waals surface area contributed by atoms with E-state index in [-0.39, 0.29) is 18.4 Å². The third-order valence-corrected chi connectivity index (χ3v) is 5.66. The van der Waals surface area contributed by atoms with E-state index in [1.165, 1.54) is 12.8 Å². The summed E-state index contributed by atoms with van der Waals surface area (Å²) >= 11 is 0. The second-order valence-corrected chi connectivity index (χ2v) is 8.67. The van der Waals surface area contributed by atoms with Crippen molar-refractivity contribution in [1.82, 2.24) is 20.4 Å². The monoisotopic (exact) mass is 413 g/mol. The molecule has 0 aromatic heterocycles. The van der Waals surface area contributed by atoms with Crippen LogP contribution in [0.25, 0.3) is 0 Å². The molecule has 0 bridgehead atoms. The van der Waals surface area contributed by atoms with Gasteiger partial charge in [-0.25, -0.2) is 4.99 Å². The zero-order chi connectivity index (χ0) is 21.5. The molecule has 1 atom stereocenters. The van der Waals surface area contributed by atoms with Gasteiger partial charge in [-0.15, -0.1) is 0 Å². The van der Waals surface area contributed by atoms with Gasteiger partial charge in [0.05, 0.1) is 13.1 Å². The molecule has 7 nitrogen and oxygen atoms in total. The van der Waals surface area contributed by atoms with Crippen molar-refractivity contribution in [3.05, 3.63) is 35.4 Å². The maximum Gasteiger partial charge on any atom is 0.254 e. The normalized spacial score (nSPS) is 19.9. The zero-order valence-corrected chi connectivity index (χ0v) is 18.5. The first kappa shape index (κ1) is 22.1. The molecule has 2 amide bonds. The third-order valence-electron chi connectivity index (χ3n) is 5.66. The van der Waals surface area contributed by atoms with E-state index < -0.39 is 0 Å². The molecule has 1 aromatic rings. The number of carbonyl (C=O) groups is 2. The Labute approximate surface area is 179 Å². The Kier molecular flexibility index (Phi) is 7.71. The van der Waals surface area contributed by atoms with Crippen LogP contribution in [0.4, 0.5) is 0 Å². The average molecular weight is 414 g/mol. The lowest BCUT2D eigenvalue weighted by Gasteiger charge is -2.26. The third kappa shape index (κ3) is 5.97. The van der Waals surface area contributed by atoms with Gasteiger partial charge in [0, 0.05) is 38.3 Å². The SMILES string of the molecule is CCNC(=NCc1ccc(C(=O)N2CCNC(=O)C2)cc1)N1CCC(CC(C)C)C1. The van der Waals surface area contributed by atoms with Crippen LogP contribution >= 0.6 is 0 Å². The van der Waals surface area contributed by atoms with E-state index in [9.17, 15) is 9.59 Å². The van der Waals surface area contributed by atoms with Gasteiger partial charge in [-0.3, -0.25) is 9.59 Å². The number of rotatable bonds is 6. The van der Waals surface area contributed by atoms with Crippen LogP contribution in [0.3, 0.4) is 0 Å². The number of likely N-dealkylation sites (tertiary alicyclic amines) is 1. The van der Waals surface area contributed by atoms with Crippen molar-refractivity contribution in [2.75, 3.05) is 39.3 Å². The number of nitrogens with one attached hydrogen (secondary N) is 2. The molecule has 7 heteroatoms. The highest BCUT2D eigenvalue weighted by molar-refractivity contribution is 5.97. The van der Waals surface area contributed by atoms with Crippen molar-refractivity contribution in [2.45, 2.75) is 40.2 Å². The number of guanidine groups is 1. The first-order valence-corrected chi connectivity index (χ1v) is 11.1. The summed E-state index contributed by atoms with van der Waals surface area (Å²) in [6.45, 7) is 11.4. The van der Waals surface area contributed by atoms with Gasteiger partial charge >= 0.3 is 0 Å². The smallest absolute Gasteiger partial charge is 0.254 e. The van der Waals surface area contributed by atoms with Crippen LogP contribution in [-0.4, -0.2) is 66.8 Å². The quantitative estimate of drug-likeness (QED) is 0.553. The summed E-state index contributed by atoms with van der Waals surface area (Å²) in [5, 5.41) is 6.17. The van der Waals surface area contributed by atoms with E-state index in [0.29, 0.717) is 25.2 Å². The fourth-order valence-electron chi connectivity index (χ4n) is 4.22. The molecule has 2 aliphatic heterocycles. The van der Waals surface area contributed by atoms with E-state index in [1.54, 1.807) is 4.90 Å². The second kappa shape index (κ2) is 10.5. The van der Waals surface area contributed by atoms with Crippen LogP contribution in [0.5, 0.6) is 0 Å². The lowest BCUT2D eigenvalue weighted by atomic mass is 9.97.